The Labute approximate surface area is 114 Å². The van der Waals surface area contributed by atoms with Crippen molar-refractivity contribution in [1.29, 1.82) is 0 Å². The maximum Gasteiger partial charge on any atom is 0.0141 e. The molecule has 0 aromatic carbocycles. The van der Waals surface area contributed by atoms with E-state index in [9.17, 15) is 0 Å². The molecular formula is C16H34N2. The van der Waals surface area contributed by atoms with Crippen LogP contribution in [0.25, 0.3) is 0 Å². The second kappa shape index (κ2) is 16.5. The zero-order valence-electron chi connectivity index (χ0n) is 12.4. The zero-order valence-corrected chi connectivity index (χ0v) is 12.4. The summed E-state index contributed by atoms with van der Waals surface area (Å²) >= 11 is 0. The van der Waals surface area contributed by atoms with E-state index in [0.717, 1.165) is 19.5 Å². The maximum absolute atomic E-state index is 5.43. The molecule has 0 aliphatic rings. The summed E-state index contributed by atoms with van der Waals surface area (Å²) in [6.07, 6.45) is 19.1. The van der Waals surface area contributed by atoms with Gasteiger partial charge in [-0.05, 0) is 38.4 Å². The molecule has 0 unspecified atom stereocenters. The fourth-order valence-electron chi connectivity index (χ4n) is 2.02. The molecule has 0 aromatic rings. The van der Waals surface area contributed by atoms with Gasteiger partial charge in [0.1, 0.15) is 0 Å². The van der Waals surface area contributed by atoms with Gasteiger partial charge in [-0.15, -0.1) is 0 Å². The van der Waals surface area contributed by atoms with Crippen LogP contribution in [0.1, 0.15) is 77.6 Å². The van der Waals surface area contributed by atoms with Gasteiger partial charge in [-0.3, -0.25) is 0 Å². The molecule has 0 spiro atoms. The van der Waals surface area contributed by atoms with Crippen molar-refractivity contribution in [3.8, 4) is 0 Å². The minimum atomic E-state index is 0.809. The van der Waals surface area contributed by atoms with E-state index in [1.54, 1.807) is 0 Å². The number of nitrogens with two attached hydrogens (primary N) is 1. The largest absolute Gasteiger partial charge is 0.391 e. The van der Waals surface area contributed by atoms with E-state index in [0.29, 0.717) is 0 Å². The third-order valence-electron chi connectivity index (χ3n) is 3.24. The van der Waals surface area contributed by atoms with Gasteiger partial charge in [0, 0.05) is 6.54 Å². The molecule has 0 saturated heterocycles. The molecular weight excluding hydrogens is 220 g/mol. The zero-order chi connectivity index (χ0) is 13.3. The number of rotatable bonds is 14. The molecule has 0 heterocycles. The molecule has 0 fully saturated rings. The summed E-state index contributed by atoms with van der Waals surface area (Å²) in [5.74, 6) is 0. The third kappa shape index (κ3) is 15.5. The molecule has 108 valence electrons. The molecule has 18 heavy (non-hydrogen) atoms. The molecule has 0 radical (unpaired) electrons. The van der Waals surface area contributed by atoms with Crippen molar-refractivity contribution in [3.63, 3.8) is 0 Å². The van der Waals surface area contributed by atoms with Crippen LogP contribution >= 0.6 is 0 Å². The van der Waals surface area contributed by atoms with Gasteiger partial charge in [0.15, 0.2) is 0 Å². The Kier molecular flexibility index (Phi) is 16.0. The standard InChI is InChI=1S/C16H34N2/c1-2-3-4-5-6-7-8-9-10-12-15-18-16-13-11-14-17/h12,15,18H,2-11,13-14,16-17H2,1H3. The fraction of sp³-hybridized carbons (Fsp3) is 0.875. The van der Waals surface area contributed by atoms with Crippen molar-refractivity contribution in [2.24, 2.45) is 5.73 Å². The SMILES string of the molecule is CCCCCCCCCCC=CNCCCCN. The molecule has 2 nitrogen and oxygen atoms in total. The lowest BCUT2D eigenvalue weighted by molar-refractivity contribution is 0.577. The average molecular weight is 254 g/mol. The quantitative estimate of drug-likeness (QED) is 0.452. The first kappa shape index (κ1) is 17.5. The van der Waals surface area contributed by atoms with Crippen LogP contribution in [0, 0.1) is 0 Å². The molecule has 0 aromatic heterocycles. The van der Waals surface area contributed by atoms with Crippen LogP contribution in [0.3, 0.4) is 0 Å². The van der Waals surface area contributed by atoms with Crippen LogP contribution in [0.15, 0.2) is 12.3 Å². The predicted molar refractivity (Wildman–Crippen MR) is 82.7 cm³/mol. The first-order valence-electron chi connectivity index (χ1n) is 8.00. The summed E-state index contributed by atoms with van der Waals surface area (Å²) in [5, 5.41) is 3.31. The maximum atomic E-state index is 5.43. The summed E-state index contributed by atoms with van der Waals surface area (Å²) in [5.41, 5.74) is 5.43. The highest BCUT2D eigenvalue weighted by molar-refractivity contribution is 4.79. The van der Waals surface area contributed by atoms with E-state index in [1.165, 1.54) is 64.2 Å². The smallest absolute Gasteiger partial charge is 0.0141 e. The molecule has 0 aliphatic heterocycles. The van der Waals surface area contributed by atoms with Crippen LogP contribution in [-0.4, -0.2) is 13.1 Å². The first-order chi connectivity index (χ1) is 8.91. The van der Waals surface area contributed by atoms with Crippen molar-refractivity contribution >= 4 is 0 Å². The van der Waals surface area contributed by atoms with Gasteiger partial charge in [-0.2, -0.15) is 0 Å². The number of allylic oxidation sites excluding steroid dienone is 1. The highest BCUT2D eigenvalue weighted by Gasteiger charge is 1.90. The molecule has 0 saturated carbocycles. The molecule has 2 heteroatoms. The Morgan fingerprint density at radius 3 is 2.17 bits per heavy atom. The lowest BCUT2D eigenvalue weighted by Gasteiger charge is -2.00. The Hall–Kier alpha value is -0.500. The van der Waals surface area contributed by atoms with Crippen LogP contribution < -0.4 is 11.1 Å². The highest BCUT2D eigenvalue weighted by atomic mass is 14.8. The predicted octanol–water partition coefficient (Wildman–Crippen LogP) is 4.36. The lowest BCUT2D eigenvalue weighted by atomic mass is 10.1. The second-order valence-corrected chi connectivity index (χ2v) is 5.12. The second-order valence-electron chi connectivity index (χ2n) is 5.12. The van der Waals surface area contributed by atoms with Crippen molar-refractivity contribution in [2.45, 2.75) is 77.6 Å². The van der Waals surface area contributed by atoms with E-state index in [4.69, 9.17) is 5.73 Å². The van der Waals surface area contributed by atoms with E-state index < -0.39 is 0 Å². The Bertz CT molecular complexity index is 166. The van der Waals surface area contributed by atoms with E-state index in [-0.39, 0.29) is 0 Å². The number of unbranched alkanes of at least 4 members (excludes halogenated alkanes) is 9. The fourth-order valence-corrected chi connectivity index (χ4v) is 2.02. The van der Waals surface area contributed by atoms with Gasteiger partial charge < -0.3 is 11.1 Å². The van der Waals surface area contributed by atoms with Gasteiger partial charge in [0.25, 0.3) is 0 Å². The van der Waals surface area contributed by atoms with Crippen LogP contribution in [0.2, 0.25) is 0 Å². The van der Waals surface area contributed by atoms with Crippen molar-refractivity contribution in [2.75, 3.05) is 13.1 Å². The molecule has 0 amide bonds. The average Bonchev–Trinajstić information content (AvgIpc) is 2.39. The van der Waals surface area contributed by atoms with Gasteiger partial charge >= 0.3 is 0 Å². The van der Waals surface area contributed by atoms with Gasteiger partial charge in [0.05, 0.1) is 0 Å². The Morgan fingerprint density at radius 1 is 0.833 bits per heavy atom. The first-order valence-corrected chi connectivity index (χ1v) is 8.00. The normalized spacial score (nSPS) is 11.2. The molecule has 0 aliphatic carbocycles. The van der Waals surface area contributed by atoms with E-state index in [1.807, 2.05) is 0 Å². The Balaban J connectivity index is 2.99. The van der Waals surface area contributed by atoms with Crippen LogP contribution in [0.5, 0.6) is 0 Å². The summed E-state index contributed by atoms with van der Waals surface area (Å²) in [6, 6.07) is 0. The van der Waals surface area contributed by atoms with Gasteiger partial charge in [0.2, 0.25) is 0 Å². The summed E-state index contributed by atoms with van der Waals surface area (Å²) in [7, 11) is 0. The van der Waals surface area contributed by atoms with Crippen molar-refractivity contribution in [3.05, 3.63) is 12.3 Å². The topological polar surface area (TPSA) is 38.0 Å². The monoisotopic (exact) mass is 254 g/mol. The third-order valence-corrected chi connectivity index (χ3v) is 3.24. The number of nitrogens with one attached hydrogen (secondary N) is 1. The highest BCUT2D eigenvalue weighted by Crippen LogP contribution is 2.09. The molecule has 0 atom stereocenters. The van der Waals surface area contributed by atoms with E-state index >= 15 is 0 Å². The summed E-state index contributed by atoms with van der Waals surface area (Å²) in [4.78, 5) is 0. The lowest BCUT2D eigenvalue weighted by Crippen LogP contribution is -2.09. The van der Waals surface area contributed by atoms with Crippen molar-refractivity contribution in [1.82, 2.24) is 5.32 Å². The van der Waals surface area contributed by atoms with E-state index in [2.05, 4.69) is 24.5 Å². The summed E-state index contributed by atoms with van der Waals surface area (Å²) in [6.45, 7) is 4.14. The minimum Gasteiger partial charge on any atom is -0.391 e. The minimum absolute atomic E-state index is 0.809. The molecule has 0 rings (SSSR count). The van der Waals surface area contributed by atoms with Gasteiger partial charge in [-0.1, -0.05) is 57.9 Å². The van der Waals surface area contributed by atoms with Crippen LogP contribution in [0.4, 0.5) is 0 Å². The molecule has 3 N–H and O–H groups in total. The number of hydrogen-bond acceptors (Lipinski definition) is 2. The Morgan fingerprint density at radius 2 is 1.50 bits per heavy atom. The summed E-state index contributed by atoms with van der Waals surface area (Å²) < 4.78 is 0. The van der Waals surface area contributed by atoms with Crippen molar-refractivity contribution < 1.29 is 0 Å². The molecule has 0 bridgehead atoms. The van der Waals surface area contributed by atoms with Gasteiger partial charge in [-0.25, -0.2) is 0 Å². The van der Waals surface area contributed by atoms with Crippen LogP contribution in [-0.2, 0) is 0 Å². The number of hydrogen-bond donors (Lipinski definition) is 2.